The number of fused-ring (bicyclic) bond motifs is 1. The van der Waals surface area contributed by atoms with Crippen LogP contribution in [0.25, 0.3) is 22.0 Å². The Bertz CT molecular complexity index is 1170. The van der Waals surface area contributed by atoms with E-state index in [1.54, 1.807) is 22.4 Å². The van der Waals surface area contributed by atoms with Crippen LogP contribution in [0.5, 0.6) is 5.75 Å². The minimum Gasteiger partial charge on any atom is -0.482 e. The number of carbonyl (C=O) groups excluding carboxylic acids is 2. The lowest BCUT2D eigenvalue weighted by Gasteiger charge is -2.31. The molecule has 0 bridgehead atoms. The van der Waals surface area contributed by atoms with Crippen molar-refractivity contribution in [2.24, 2.45) is 0 Å². The van der Waals surface area contributed by atoms with Crippen LogP contribution in [0, 0.1) is 6.92 Å². The van der Waals surface area contributed by atoms with E-state index in [0.717, 1.165) is 65.6 Å². The van der Waals surface area contributed by atoms with Gasteiger partial charge >= 0.3 is 0 Å². The standard InChI is InChI=1S/C25H26N4O3S/c1-17-24(27-25(33-17)19-8-4-5-11-26-19)18-9-10-21-20(14-18)29(23(31)16-32-21)15-22(30)28-12-6-2-3-7-13-28/h4-5,8-11,14H,2-3,6-7,12-13,15-16H2,1H3. The summed E-state index contributed by atoms with van der Waals surface area (Å²) in [4.78, 5) is 39.5. The first-order chi connectivity index (χ1) is 16.1. The number of benzene rings is 1. The van der Waals surface area contributed by atoms with Crippen LogP contribution in [0.15, 0.2) is 42.6 Å². The number of thiazole rings is 1. The number of ether oxygens (including phenoxy) is 1. The Morgan fingerprint density at radius 1 is 1.12 bits per heavy atom. The second-order valence-corrected chi connectivity index (χ2v) is 9.59. The van der Waals surface area contributed by atoms with Crippen molar-refractivity contribution < 1.29 is 14.3 Å². The van der Waals surface area contributed by atoms with Crippen LogP contribution in [0.1, 0.15) is 30.6 Å². The average molecular weight is 463 g/mol. The van der Waals surface area contributed by atoms with Gasteiger partial charge in [-0.3, -0.25) is 19.5 Å². The van der Waals surface area contributed by atoms with E-state index in [9.17, 15) is 9.59 Å². The van der Waals surface area contributed by atoms with E-state index in [1.165, 1.54) is 0 Å². The first kappa shape index (κ1) is 21.6. The molecule has 4 heterocycles. The van der Waals surface area contributed by atoms with Crippen LogP contribution in [0.2, 0.25) is 0 Å². The molecule has 2 amide bonds. The van der Waals surface area contributed by atoms with E-state index in [0.29, 0.717) is 11.4 Å². The highest BCUT2D eigenvalue weighted by atomic mass is 32.1. The summed E-state index contributed by atoms with van der Waals surface area (Å²) in [5.41, 5.74) is 3.19. The zero-order chi connectivity index (χ0) is 22.8. The van der Waals surface area contributed by atoms with Crippen molar-refractivity contribution in [2.45, 2.75) is 32.6 Å². The molecule has 0 saturated carbocycles. The predicted molar refractivity (Wildman–Crippen MR) is 128 cm³/mol. The van der Waals surface area contributed by atoms with Gasteiger partial charge in [-0.25, -0.2) is 4.98 Å². The van der Waals surface area contributed by atoms with Crippen LogP contribution in [-0.4, -0.2) is 52.9 Å². The summed E-state index contributed by atoms with van der Waals surface area (Å²) in [6.07, 6.45) is 6.10. The molecular weight excluding hydrogens is 436 g/mol. The summed E-state index contributed by atoms with van der Waals surface area (Å²) in [5.74, 6) is 0.401. The molecule has 0 spiro atoms. The monoisotopic (exact) mass is 462 g/mol. The van der Waals surface area contributed by atoms with Gasteiger partial charge in [0.2, 0.25) is 5.91 Å². The number of likely N-dealkylation sites (tertiary alicyclic amines) is 1. The molecule has 3 aromatic rings. The molecule has 0 N–H and O–H groups in total. The van der Waals surface area contributed by atoms with Crippen molar-refractivity contribution in [1.82, 2.24) is 14.9 Å². The average Bonchev–Trinajstić information content (AvgIpc) is 3.04. The molecule has 2 aliphatic rings. The van der Waals surface area contributed by atoms with Crippen LogP contribution < -0.4 is 9.64 Å². The Kier molecular flexibility index (Phi) is 6.09. The normalized spacial score (nSPS) is 16.2. The first-order valence-corrected chi connectivity index (χ1v) is 12.2. The largest absolute Gasteiger partial charge is 0.482 e. The van der Waals surface area contributed by atoms with Gasteiger partial charge in [0, 0.05) is 29.7 Å². The summed E-state index contributed by atoms with van der Waals surface area (Å²) < 4.78 is 5.66. The summed E-state index contributed by atoms with van der Waals surface area (Å²) in [7, 11) is 0. The van der Waals surface area contributed by atoms with Crippen LogP contribution in [0.4, 0.5) is 5.69 Å². The molecule has 2 aromatic heterocycles. The quantitative estimate of drug-likeness (QED) is 0.578. The van der Waals surface area contributed by atoms with Gasteiger partial charge in [0.1, 0.15) is 17.3 Å². The van der Waals surface area contributed by atoms with Gasteiger partial charge in [-0.15, -0.1) is 11.3 Å². The SMILES string of the molecule is Cc1sc(-c2ccccn2)nc1-c1ccc2c(c1)N(CC(=O)N1CCCCCC1)C(=O)CO2. The lowest BCUT2D eigenvalue weighted by molar-refractivity contribution is -0.132. The highest BCUT2D eigenvalue weighted by Crippen LogP contribution is 2.39. The summed E-state index contributed by atoms with van der Waals surface area (Å²) in [6, 6.07) is 11.5. The van der Waals surface area contributed by atoms with Crippen molar-refractivity contribution in [3.63, 3.8) is 0 Å². The van der Waals surface area contributed by atoms with Crippen LogP contribution in [0.3, 0.4) is 0 Å². The molecule has 8 heteroatoms. The molecule has 170 valence electrons. The molecular formula is C25H26N4O3S. The maximum atomic E-state index is 13.0. The Morgan fingerprint density at radius 3 is 2.70 bits per heavy atom. The number of rotatable bonds is 4. The summed E-state index contributed by atoms with van der Waals surface area (Å²) >= 11 is 1.59. The maximum absolute atomic E-state index is 13.0. The number of hydrogen-bond donors (Lipinski definition) is 0. The highest BCUT2D eigenvalue weighted by molar-refractivity contribution is 7.15. The second-order valence-electron chi connectivity index (χ2n) is 8.38. The van der Waals surface area contributed by atoms with Gasteiger partial charge in [0.25, 0.3) is 5.91 Å². The van der Waals surface area contributed by atoms with E-state index in [2.05, 4.69) is 4.98 Å². The molecule has 0 atom stereocenters. The summed E-state index contributed by atoms with van der Waals surface area (Å²) in [6.45, 7) is 3.53. The number of nitrogens with zero attached hydrogens (tertiary/aromatic N) is 4. The molecule has 33 heavy (non-hydrogen) atoms. The second kappa shape index (κ2) is 9.31. The summed E-state index contributed by atoms with van der Waals surface area (Å²) in [5, 5.41) is 0.848. The van der Waals surface area contributed by atoms with Gasteiger partial charge in [0.15, 0.2) is 6.61 Å². The number of anilines is 1. The predicted octanol–water partition coefficient (Wildman–Crippen LogP) is 4.31. The number of hydrogen-bond acceptors (Lipinski definition) is 6. The lowest BCUT2D eigenvalue weighted by atomic mass is 10.1. The zero-order valence-electron chi connectivity index (χ0n) is 18.6. The molecule has 0 radical (unpaired) electrons. The maximum Gasteiger partial charge on any atom is 0.265 e. The number of aromatic nitrogens is 2. The van der Waals surface area contributed by atoms with Gasteiger partial charge in [-0.2, -0.15) is 0 Å². The molecule has 1 saturated heterocycles. The van der Waals surface area contributed by atoms with E-state index < -0.39 is 0 Å². The fourth-order valence-electron chi connectivity index (χ4n) is 4.34. The topological polar surface area (TPSA) is 75.6 Å². The van der Waals surface area contributed by atoms with Crippen LogP contribution in [-0.2, 0) is 9.59 Å². The Balaban J connectivity index is 1.44. The molecule has 1 aromatic carbocycles. The van der Waals surface area contributed by atoms with Crippen LogP contribution >= 0.6 is 11.3 Å². The van der Waals surface area contributed by atoms with Crippen molar-refractivity contribution in [1.29, 1.82) is 0 Å². The smallest absolute Gasteiger partial charge is 0.265 e. The minimum absolute atomic E-state index is 0.00854. The zero-order valence-corrected chi connectivity index (χ0v) is 19.4. The molecule has 2 aliphatic heterocycles. The fourth-order valence-corrected chi connectivity index (χ4v) is 5.25. The van der Waals surface area contributed by atoms with E-state index in [4.69, 9.17) is 9.72 Å². The highest BCUT2D eigenvalue weighted by Gasteiger charge is 2.30. The van der Waals surface area contributed by atoms with E-state index >= 15 is 0 Å². The number of aryl methyl sites for hydroxylation is 1. The Hall–Kier alpha value is -3.26. The Labute approximate surface area is 197 Å². The van der Waals surface area contributed by atoms with Crippen molar-refractivity contribution in [3.8, 4) is 27.7 Å². The third-order valence-electron chi connectivity index (χ3n) is 6.11. The minimum atomic E-state index is -0.202. The molecule has 5 rings (SSSR count). The third kappa shape index (κ3) is 4.48. The van der Waals surface area contributed by atoms with Gasteiger partial charge in [-0.05, 0) is 50.1 Å². The van der Waals surface area contributed by atoms with E-state index in [1.807, 2.05) is 48.2 Å². The lowest BCUT2D eigenvalue weighted by Crippen LogP contribution is -2.46. The Morgan fingerprint density at radius 2 is 1.94 bits per heavy atom. The molecule has 1 fully saturated rings. The van der Waals surface area contributed by atoms with Gasteiger partial charge in [0.05, 0.1) is 17.1 Å². The van der Waals surface area contributed by atoms with Crippen molar-refractivity contribution in [2.75, 3.05) is 31.1 Å². The number of carbonyl (C=O) groups is 2. The van der Waals surface area contributed by atoms with E-state index in [-0.39, 0.29) is 25.0 Å². The van der Waals surface area contributed by atoms with Crippen molar-refractivity contribution in [3.05, 3.63) is 47.5 Å². The fraction of sp³-hybridized carbons (Fsp3) is 0.360. The molecule has 0 unspecified atom stereocenters. The molecule has 7 nitrogen and oxygen atoms in total. The van der Waals surface area contributed by atoms with Crippen molar-refractivity contribution >= 4 is 28.8 Å². The third-order valence-corrected chi connectivity index (χ3v) is 7.10. The van der Waals surface area contributed by atoms with Gasteiger partial charge < -0.3 is 9.64 Å². The number of amides is 2. The number of pyridine rings is 1. The first-order valence-electron chi connectivity index (χ1n) is 11.3. The molecule has 0 aliphatic carbocycles. The van der Waals surface area contributed by atoms with Gasteiger partial charge in [-0.1, -0.05) is 18.9 Å².